The van der Waals surface area contributed by atoms with Gasteiger partial charge in [0.1, 0.15) is 6.61 Å². The number of amides is 1. The molecular formula is C17H21NO2. The molecule has 0 aromatic heterocycles. The van der Waals surface area contributed by atoms with Crippen LogP contribution in [0.1, 0.15) is 41.3 Å². The van der Waals surface area contributed by atoms with E-state index in [0.717, 1.165) is 36.2 Å². The molecule has 1 unspecified atom stereocenters. The lowest BCUT2D eigenvalue weighted by Gasteiger charge is -2.31. The van der Waals surface area contributed by atoms with E-state index in [-0.39, 0.29) is 12.5 Å². The molecule has 0 aliphatic carbocycles. The summed E-state index contributed by atoms with van der Waals surface area (Å²) in [7, 11) is 0. The molecule has 1 aromatic rings. The molecule has 0 radical (unpaired) electrons. The number of aliphatic hydroxyl groups is 1. The van der Waals surface area contributed by atoms with Gasteiger partial charge in [0.15, 0.2) is 0 Å². The molecule has 0 saturated carbocycles. The minimum atomic E-state index is -0.147. The number of carbonyl (C=O) groups excluding carboxylic acids is 1. The molecule has 0 bridgehead atoms. The Morgan fingerprint density at radius 1 is 1.50 bits per heavy atom. The van der Waals surface area contributed by atoms with Gasteiger partial charge < -0.3 is 10.0 Å². The van der Waals surface area contributed by atoms with Crippen LogP contribution in [-0.4, -0.2) is 35.6 Å². The highest BCUT2D eigenvalue weighted by atomic mass is 16.2. The predicted molar refractivity (Wildman–Crippen MR) is 79.4 cm³/mol. The van der Waals surface area contributed by atoms with Crippen molar-refractivity contribution in [3.05, 3.63) is 34.9 Å². The molecule has 3 nitrogen and oxygen atoms in total. The number of carbonyl (C=O) groups is 1. The van der Waals surface area contributed by atoms with Gasteiger partial charge in [0.05, 0.1) is 0 Å². The monoisotopic (exact) mass is 271 g/mol. The maximum absolute atomic E-state index is 12.5. The SMILES string of the molecule is Cc1cc(C(=O)N2CCCC(C)C2)ccc1C#CCO. The van der Waals surface area contributed by atoms with Gasteiger partial charge in [-0.1, -0.05) is 18.8 Å². The average molecular weight is 271 g/mol. The third-order valence-electron chi connectivity index (χ3n) is 3.72. The van der Waals surface area contributed by atoms with Crippen LogP contribution < -0.4 is 0 Å². The van der Waals surface area contributed by atoms with E-state index in [1.165, 1.54) is 6.42 Å². The Balaban J connectivity index is 2.16. The van der Waals surface area contributed by atoms with E-state index in [2.05, 4.69) is 18.8 Å². The standard InChI is InChI=1S/C17H21NO2/c1-13-5-3-9-18(12-13)17(20)16-8-7-15(6-4-10-19)14(2)11-16/h7-8,11,13,19H,3,5,9-10,12H2,1-2H3. The van der Waals surface area contributed by atoms with Crippen LogP contribution in [0.25, 0.3) is 0 Å². The molecule has 1 saturated heterocycles. The first-order valence-electron chi connectivity index (χ1n) is 7.11. The van der Waals surface area contributed by atoms with Gasteiger partial charge >= 0.3 is 0 Å². The van der Waals surface area contributed by atoms with Crippen molar-refractivity contribution in [1.29, 1.82) is 0 Å². The Labute approximate surface area is 120 Å². The smallest absolute Gasteiger partial charge is 0.253 e. The van der Waals surface area contributed by atoms with Crippen molar-refractivity contribution in [2.24, 2.45) is 5.92 Å². The zero-order valence-electron chi connectivity index (χ0n) is 12.1. The Hall–Kier alpha value is -1.79. The van der Waals surface area contributed by atoms with Crippen molar-refractivity contribution in [3.63, 3.8) is 0 Å². The van der Waals surface area contributed by atoms with Gasteiger partial charge in [0.25, 0.3) is 5.91 Å². The van der Waals surface area contributed by atoms with Crippen molar-refractivity contribution in [1.82, 2.24) is 4.90 Å². The third-order valence-corrected chi connectivity index (χ3v) is 3.72. The Kier molecular flexibility index (Phi) is 4.81. The molecular weight excluding hydrogens is 250 g/mol. The fourth-order valence-electron chi connectivity index (χ4n) is 2.63. The normalized spacial score (nSPS) is 18.4. The number of piperidine rings is 1. The number of benzene rings is 1. The van der Waals surface area contributed by atoms with Gasteiger partial charge in [-0.15, -0.1) is 0 Å². The lowest BCUT2D eigenvalue weighted by Crippen LogP contribution is -2.39. The second kappa shape index (κ2) is 6.58. The summed E-state index contributed by atoms with van der Waals surface area (Å²) in [5, 5.41) is 8.72. The number of hydrogen-bond acceptors (Lipinski definition) is 2. The fraction of sp³-hybridized carbons (Fsp3) is 0.471. The number of aryl methyl sites for hydroxylation is 1. The molecule has 1 fully saturated rings. The molecule has 3 heteroatoms. The van der Waals surface area contributed by atoms with Crippen molar-refractivity contribution >= 4 is 5.91 Å². The maximum atomic E-state index is 12.5. The summed E-state index contributed by atoms with van der Waals surface area (Å²) >= 11 is 0. The molecule has 1 aromatic carbocycles. The van der Waals surface area contributed by atoms with Gasteiger partial charge in [0.2, 0.25) is 0 Å². The molecule has 1 amide bonds. The second-order valence-corrected chi connectivity index (χ2v) is 5.49. The van der Waals surface area contributed by atoms with E-state index in [1.807, 2.05) is 30.0 Å². The molecule has 1 aliphatic heterocycles. The zero-order valence-corrected chi connectivity index (χ0v) is 12.1. The Morgan fingerprint density at radius 2 is 2.30 bits per heavy atom. The summed E-state index contributed by atoms with van der Waals surface area (Å²) in [5.74, 6) is 6.22. The lowest BCUT2D eigenvalue weighted by molar-refractivity contribution is 0.0683. The van der Waals surface area contributed by atoms with Gasteiger partial charge in [-0.25, -0.2) is 0 Å². The first kappa shape index (κ1) is 14.6. The highest BCUT2D eigenvalue weighted by Crippen LogP contribution is 2.19. The van der Waals surface area contributed by atoms with Crippen LogP contribution in [0.2, 0.25) is 0 Å². The summed E-state index contributed by atoms with van der Waals surface area (Å²) in [5.41, 5.74) is 2.57. The molecule has 106 valence electrons. The van der Waals surface area contributed by atoms with Crippen LogP contribution in [0.5, 0.6) is 0 Å². The van der Waals surface area contributed by atoms with E-state index in [0.29, 0.717) is 5.92 Å². The largest absolute Gasteiger partial charge is 0.384 e. The first-order chi connectivity index (χ1) is 9.61. The highest BCUT2D eigenvalue weighted by Gasteiger charge is 2.22. The van der Waals surface area contributed by atoms with E-state index in [1.54, 1.807) is 0 Å². The summed E-state index contributed by atoms with van der Waals surface area (Å²) in [6.07, 6.45) is 2.30. The molecule has 1 heterocycles. The molecule has 1 aliphatic rings. The van der Waals surface area contributed by atoms with Gasteiger partial charge in [0, 0.05) is 24.2 Å². The van der Waals surface area contributed by atoms with Gasteiger partial charge in [-0.05, 0) is 49.4 Å². The van der Waals surface area contributed by atoms with Crippen molar-refractivity contribution in [2.45, 2.75) is 26.7 Å². The average Bonchev–Trinajstić information content (AvgIpc) is 2.45. The van der Waals surface area contributed by atoms with E-state index < -0.39 is 0 Å². The number of aliphatic hydroxyl groups excluding tert-OH is 1. The van der Waals surface area contributed by atoms with Crippen molar-refractivity contribution in [3.8, 4) is 11.8 Å². The highest BCUT2D eigenvalue weighted by molar-refractivity contribution is 5.94. The summed E-state index contributed by atoms with van der Waals surface area (Å²) in [6, 6.07) is 5.58. The van der Waals surface area contributed by atoms with Crippen LogP contribution in [0.4, 0.5) is 0 Å². The fourth-order valence-corrected chi connectivity index (χ4v) is 2.63. The second-order valence-electron chi connectivity index (χ2n) is 5.49. The third kappa shape index (κ3) is 3.40. The number of rotatable bonds is 1. The Morgan fingerprint density at radius 3 is 2.95 bits per heavy atom. The summed E-state index contributed by atoms with van der Waals surface area (Å²) in [4.78, 5) is 14.4. The first-order valence-corrected chi connectivity index (χ1v) is 7.11. The van der Waals surface area contributed by atoms with E-state index >= 15 is 0 Å². The predicted octanol–water partition coefficient (Wildman–Crippen LogP) is 2.21. The number of nitrogens with zero attached hydrogens (tertiary/aromatic N) is 1. The van der Waals surface area contributed by atoms with Crippen LogP contribution in [0.15, 0.2) is 18.2 Å². The zero-order chi connectivity index (χ0) is 14.5. The summed E-state index contributed by atoms with van der Waals surface area (Å²) < 4.78 is 0. The molecule has 2 rings (SSSR count). The lowest BCUT2D eigenvalue weighted by atomic mass is 9.98. The maximum Gasteiger partial charge on any atom is 0.253 e. The summed E-state index contributed by atoms with van der Waals surface area (Å²) in [6.45, 7) is 5.69. The molecule has 20 heavy (non-hydrogen) atoms. The minimum absolute atomic E-state index is 0.112. The van der Waals surface area contributed by atoms with Crippen molar-refractivity contribution < 1.29 is 9.90 Å². The topological polar surface area (TPSA) is 40.5 Å². The van der Waals surface area contributed by atoms with Crippen LogP contribution in [-0.2, 0) is 0 Å². The minimum Gasteiger partial charge on any atom is -0.384 e. The Bertz CT molecular complexity index is 554. The molecule has 1 N–H and O–H groups in total. The quantitative estimate of drug-likeness (QED) is 0.796. The van der Waals surface area contributed by atoms with Gasteiger partial charge in [-0.2, -0.15) is 0 Å². The van der Waals surface area contributed by atoms with Crippen molar-refractivity contribution in [2.75, 3.05) is 19.7 Å². The number of hydrogen-bond donors (Lipinski definition) is 1. The van der Waals surface area contributed by atoms with E-state index in [9.17, 15) is 4.79 Å². The van der Waals surface area contributed by atoms with Crippen LogP contribution >= 0.6 is 0 Å². The van der Waals surface area contributed by atoms with E-state index in [4.69, 9.17) is 5.11 Å². The number of likely N-dealkylation sites (tertiary alicyclic amines) is 1. The van der Waals surface area contributed by atoms with Crippen LogP contribution in [0.3, 0.4) is 0 Å². The molecule has 1 atom stereocenters. The molecule has 0 spiro atoms. The van der Waals surface area contributed by atoms with Crippen LogP contribution in [0, 0.1) is 24.7 Å². The van der Waals surface area contributed by atoms with Gasteiger partial charge in [-0.3, -0.25) is 4.79 Å².